The van der Waals surface area contributed by atoms with Gasteiger partial charge in [-0.15, -0.1) is 0 Å². The summed E-state index contributed by atoms with van der Waals surface area (Å²) < 4.78 is 5.39. The summed E-state index contributed by atoms with van der Waals surface area (Å²) in [6.07, 6.45) is 0. The lowest BCUT2D eigenvalue weighted by atomic mass is 10.1. The van der Waals surface area contributed by atoms with Crippen LogP contribution < -0.4 is 10.2 Å². The molecular weight excluding hydrogens is 344 g/mol. The first-order chi connectivity index (χ1) is 11.8. The highest BCUT2D eigenvalue weighted by Gasteiger charge is 2.65. The second-order valence-corrected chi connectivity index (χ2v) is 7.64. The molecule has 25 heavy (non-hydrogen) atoms. The average Bonchev–Trinajstić information content (AvgIpc) is 3.16. The van der Waals surface area contributed by atoms with E-state index in [1.165, 1.54) is 0 Å². The number of hydrogen-bond acceptors (Lipinski definition) is 4. The fourth-order valence-electron chi connectivity index (χ4n) is 3.69. The monoisotopic (exact) mass is 366 g/mol. The van der Waals surface area contributed by atoms with Gasteiger partial charge in [-0.1, -0.05) is 25.4 Å². The van der Waals surface area contributed by atoms with Crippen LogP contribution in [0.25, 0.3) is 0 Å². The van der Waals surface area contributed by atoms with E-state index >= 15 is 0 Å². The van der Waals surface area contributed by atoms with Crippen molar-refractivity contribution in [2.75, 3.05) is 31.2 Å². The van der Waals surface area contributed by atoms with Crippen molar-refractivity contribution in [1.29, 1.82) is 0 Å². The van der Waals surface area contributed by atoms with Crippen molar-refractivity contribution >= 4 is 29.2 Å². The smallest absolute Gasteiger partial charge is 0.307 e. The third kappa shape index (κ3) is 3.60. The summed E-state index contributed by atoms with van der Waals surface area (Å²) in [6, 6.07) is 5.64. The van der Waals surface area contributed by atoms with E-state index < -0.39 is 23.2 Å². The highest BCUT2D eigenvalue weighted by molar-refractivity contribution is 6.30. The van der Waals surface area contributed by atoms with Crippen molar-refractivity contribution < 1.29 is 19.4 Å². The number of halogens is 1. The molecule has 0 aromatic heterocycles. The molecule has 0 spiro atoms. The van der Waals surface area contributed by atoms with Crippen LogP contribution in [-0.4, -0.2) is 43.3 Å². The molecule has 1 amide bonds. The molecule has 3 rings (SSSR count). The molecule has 0 radical (unpaired) electrons. The maximum absolute atomic E-state index is 12.4. The van der Waals surface area contributed by atoms with Gasteiger partial charge in [-0.05, 0) is 29.2 Å². The van der Waals surface area contributed by atoms with E-state index in [4.69, 9.17) is 16.3 Å². The summed E-state index contributed by atoms with van der Waals surface area (Å²) >= 11 is 6.12. The third-order valence-corrected chi connectivity index (χ3v) is 5.46. The number of nitrogens with zero attached hydrogens (tertiary/aromatic N) is 1. The van der Waals surface area contributed by atoms with E-state index in [-0.39, 0.29) is 5.91 Å². The number of carboxylic acid groups (broad SMARTS) is 1. The summed E-state index contributed by atoms with van der Waals surface area (Å²) in [7, 11) is 0. The maximum Gasteiger partial charge on any atom is 0.307 e. The lowest BCUT2D eigenvalue weighted by molar-refractivity contribution is -0.140. The summed E-state index contributed by atoms with van der Waals surface area (Å²) in [6.45, 7) is 6.88. The van der Waals surface area contributed by atoms with Crippen molar-refractivity contribution in [1.82, 2.24) is 5.32 Å². The molecule has 1 aromatic carbocycles. The normalized spacial score (nSPS) is 24.7. The Morgan fingerprint density at radius 1 is 1.32 bits per heavy atom. The first kappa shape index (κ1) is 18.0. The second-order valence-electron chi connectivity index (χ2n) is 7.21. The van der Waals surface area contributed by atoms with Gasteiger partial charge in [0.2, 0.25) is 5.91 Å². The zero-order valence-electron chi connectivity index (χ0n) is 14.4. The van der Waals surface area contributed by atoms with Crippen molar-refractivity contribution in [3.8, 4) is 0 Å². The number of hydrogen-bond donors (Lipinski definition) is 2. The van der Waals surface area contributed by atoms with Gasteiger partial charge in [0.25, 0.3) is 0 Å². The van der Waals surface area contributed by atoms with Crippen LogP contribution in [0, 0.1) is 17.3 Å². The zero-order chi connectivity index (χ0) is 18.2. The third-order valence-electron chi connectivity index (χ3n) is 5.22. The predicted molar refractivity (Wildman–Crippen MR) is 94.7 cm³/mol. The average molecular weight is 367 g/mol. The van der Waals surface area contributed by atoms with Gasteiger partial charge in [0.05, 0.1) is 25.0 Å². The Morgan fingerprint density at radius 2 is 2.00 bits per heavy atom. The van der Waals surface area contributed by atoms with Crippen molar-refractivity contribution in [3.05, 3.63) is 28.8 Å². The summed E-state index contributed by atoms with van der Waals surface area (Å²) in [5, 5.41) is 12.7. The Kier molecular flexibility index (Phi) is 4.93. The quantitative estimate of drug-likeness (QED) is 0.834. The van der Waals surface area contributed by atoms with Crippen LogP contribution in [0.1, 0.15) is 19.4 Å². The Balaban J connectivity index is 1.70. The highest BCUT2D eigenvalue weighted by atomic mass is 35.5. The van der Waals surface area contributed by atoms with Crippen LogP contribution in [0.3, 0.4) is 0 Å². The number of amides is 1. The van der Waals surface area contributed by atoms with Gasteiger partial charge in [0.1, 0.15) is 0 Å². The van der Waals surface area contributed by atoms with E-state index in [9.17, 15) is 14.7 Å². The molecule has 1 saturated heterocycles. The van der Waals surface area contributed by atoms with E-state index in [2.05, 4.69) is 10.2 Å². The van der Waals surface area contributed by atoms with Crippen molar-refractivity contribution in [2.24, 2.45) is 17.3 Å². The number of carbonyl (C=O) groups is 2. The molecule has 7 heteroatoms. The number of ether oxygens (including phenoxy) is 1. The Hall–Kier alpha value is -1.79. The van der Waals surface area contributed by atoms with Gasteiger partial charge in [-0.3, -0.25) is 9.59 Å². The van der Waals surface area contributed by atoms with Crippen LogP contribution in [0.15, 0.2) is 18.2 Å². The number of anilines is 1. The summed E-state index contributed by atoms with van der Waals surface area (Å²) in [5.74, 6) is -2.24. The van der Waals surface area contributed by atoms with Gasteiger partial charge >= 0.3 is 5.97 Å². The lowest BCUT2D eigenvalue weighted by Crippen LogP contribution is -2.37. The van der Waals surface area contributed by atoms with E-state index in [1.807, 2.05) is 32.0 Å². The topological polar surface area (TPSA) is 78.9 Å². The number of nitrogens with one attached hydrogen (secondary N) is 1. The van der Waals surface area contributed by atoms with Crippen LogP contribution >= 0.6 is 11.6 Å². The molecule has 2 atom stereocenters. The highest BCUT2D eigenvalue weighted by Crippen LogP contribution is 2.58. The number of carboxylic acids is 1. The molecule has 0 unspecified atom stereocenters. The first-order valence-corrected chi connectivity index (χ1v) is 8.82. The van der Waals surface area contributed by atoms with Crippen LogP contribution in [0.2, 0.25) is 5.02 Å². The van der Waals surface area contributed by atoms with E-state index in [0.29, 0.717) is 24.8 Å². The fourth-order valence-corrected chi connectivity index (χ4v) is 3.88. The maximum atomic E-state index is 12.4. The molecule has 0 bridgehead atoms. The molecule has 6 nitrogen and oxygen atoms in total. The number of aliphatic carboxylic acids is 1. The Bertz CT molecular complexity index is 686. The van der Waals surface area contributed by atoms with Gasteiger partial charge in [-0.25, -0.2) is 0 Å². The summed E-state index contributed by atoms with van der Waals surface area (Å²) in [5.41, 5.74) is 1.45. The van der Waals surface area contributed by atoms with Gasteiger partial charge in [-0.2, -0.15) is 0 Å². The molecule has 2 fully saturated rings. The second kappa shape index (κ2) is 6.84. The minimum atomic E-state index is -0.915. The molecule has 136 valence electrons. The van der Waals surface area contributed by atoms with Crippen LogP contribution in [0.5, 0.6) is 0 Å². The molecular formula is C18H23ClN2O4. The number of rotatable bonds is 5. The fraction of sp³-hybridized carbons (Fsp3) is 0.556. The molecule has 2 aliphatic rings. The Labute approximate surface area is 152 Å². The van der Waals surface area contributed by atoms with Gasteiger partial charge in [0, 0.05) is 30.3 Å². The van der Waals surface area contributed by atoms with Gasteiger partial charge < -0.3 is 20.1 Å². The van der Waals surface area contributed by atoms with E-state index in [1.54, 1.807) is 0 Å². The minimum Gasteiger partial charge on any atom is -0.481 e. The predicted octanol–water partition coefficient (Wildman–Crippen LogP) is 2.15. The summed E-state index contributed by atoms with van der Waals surface area (Å²) in [4.78, 5) is 25.9. The molecule has 1 aliphatic carbocycles. The zero-order valence-corrected chi connectivity index (χ0v) is 15.2. The largest absolute Gasteiger partial charge is 0.481 e. The Morgan fingerprint density at radius 3 is 2.60 bits per heavy atom. The van der Waals surface area contributed by atoms with E-state index in [0.717, 1.165) is 24.3 Å². The molecule has 2 N–H and O–H groups in total. The lowest BCUT2D eigenvalue weighted by Gasteiger charge is -2.30. The minimum absolute atomic E-state index is 0.217. The first-order valence-electron chi connectivity index (χ1n) is 8.44. The van der Waals surface area contributed by atoms with Crippen LogP contribution in [0.4, 0.5) is 5.69 Å². The molecule has 1 heterocycles. The number of carbonyl (C=O) groups excluding carboxylic acids is 1. The molecule has 1 aliphatic heterocycles. The molecule has 1 saturated carbocycles. The standard InChI is InChI=1S/C18H23ClN2O4/c1-18(2)14(15(18)17(23)24)16(22)20-10-11-9-12(19)3-4-13(11)21-5-7-25-8-6-21/h3-4,9,14-15H,5-8,10H2,1-2H3,(H,20,22)(H,23,24)/t14-,15+/m1/s1. The molecule has 1 aromatic rings. The SMILES string of the molecule is CC1(C)[C@H](C(=O)O)[C@@H]1C(=O)NCc1cc(Cl)ccc1N1CCOCC1. The van der Waals surface area contributed by atoms with Crippen molar-refractivity contribution in [3.63, 3.8) is 0 Å². The number of benzene rings is 1. The van der Waals surface area contributed by atoms with Gasteiger partial charge in [0.15, 0.2) is 0 Å². The van der Waals surface area contributed by atoms with Crippen molar-refractivity contribution in [2.45, 2.75) is 20.4 Å². The number of morpholine rings is 1. The van der Waals surface area contributed by atoms with Crippen LogP contribution in [-0.2, 0) is 20.9 Å².